The van der Waals surface area contributed by atoms with E-state index in [2.05, 4.69) is 30.4 Å². The molecule has 1 aromatic carbocycles. The van der Waals surface area contributed by atoms with Crippen LogP contribution in [0.1, 0.15) is 29.9 Å². The van der Waals surface area contributed by atoms with Crippen LogP contribution in [-0.4, -0.2) is 13.2 Å². The third-order valence-corrected chi connectivity index (χ3v) is 3.59. The summed E-state index contributed by atoms with van der Waals surface area (Å²) < 4.78 is 10.9. The average Bonchev–Trinajstić information content (AvgIpc) is 3.09. The van der Waals surface area contributed by atoms with Crippen LogP contribution >= 0.6 is 0 Å². The van der Waals surface area contributed by atoms with Crippen molar-refractivity contribution in [2.75, 3.05) is 13.2 Å². The van der Waals surface area contributed by atoms with Gasteiger partial charge in [-0.25, -0.2) is 0 Å². The molecule has 2 heterocycles. The molecule has 0 amide bonds. The lowest BCUT2D eigenvalue weighted by Gasteiger charge is -2.11. The summed E-state index contributed by atoms with van der Waals surface area (Å²) in [4.78, 5) is 0. The molecule has 2 aromatic rings. The highest BCUT2D eigenvalue weighted by Gasteiger charge is 2.12. The smallest absolute Gasteiger partial charge is 0.122 e. The van der Waals surface area contributed by atoms with E-state index in [1.54, 1.807) is 6.26 Å². The zero-order valence-electron chi connectivity index (χ0n) is 11.2. The summed E-state index contributed by atoms with van der Waals surface area (Å²) in [5.74, 6) is 2.04. The predicted molar refractivity (Wildman–Crippen MR) is 74.5 cm³/mol. The van der Waals surface area contributed by atoms with Crippen molar-refractivity contribution in [1.82, 2.24) is 5.32 Å². The summed E-state index contributed by atoms with van der Waals surface area (Å²) >= 11 is 0. The van der Waals surface area contributed by atoms with Gasteiger partial charge in [-0.15, -0.1) is 0 Å². The van der Waals surface area contributed by atoms with Crippen LogP contribution in [0.3, 0.4) is 0 Å². The van der Waals surface area contributed by atoms with Gasteiger partial charge in [0.1, 0.15) is 11.5 Å². The Hall–Kier alpha value is -1.74. The van der Waals surface area contributed by atoms with Gasteiger partial charge in [0.25, 0.3) is 0 Å². The zero-order chi connectivity index (χ0) is 13.1. The minimum atomic E-state index is 0.257. The van der Waals surface area contributed by atoms with Crippen molar-refractivity contribution < 1.29 is 9.15 Å². The Bertz CT molecular complexity index is 534. The third kappa shape index (κ3) is 2.82. The maximum atomic E-state index is 5.52. The molecular formula is C16H19NO2. The summed E-state index contributed by atoms with van der Waals surface area (Å²) in [6, 6.07) is 10.7. The highest BCUT2D eigenvalue weighted by Crippen LogP contribution is 2.25. The Morgan fingerprint density at radius 1 is 1.32 bits per heavy atom. The van der Waals surface area contributed by atoms with E-state index < -0.39 is 0 Å². The first-order valence-electron chi connectivity index (χ1n) is 6.84. The van der Waals surface area contributed by atoms with Gasteiger partial charge >= 0.3 is 0 Å². The molecule has 1 aliphatic heterocycles. The summed E-state index contributed by atoms with van der Waals surface area (Å²) in [5.41, 5.74) is 2.71. The second-order valence-electron chi connectivity index (χ2n) is 4.98. The molecule has 19 heavy (non-hydrogen) atoms. The number of benzene rings is 1. The minimum absolute atomic E-state index is 0.257. The Morgan fingerprint density at radius 3 is 3.11 bits per heavy atom. The maximum Gasteiger partial charge on any atom is 0.122 e. The van der Waals surface area contributed by atoms with Gasteiger partial charge < -0.3 is 14.5 Å². The predicted octanol–water partition coefficient (Wildman–Crippen LogP) is 3.11. The van der Waals surface area contributed by atoms with Crippen LogP contribution in [-0.2, 0) is 12.8 Å². The molecule has 100 valence electrons. The lowest BCUT2D eigenvalue weighted by Crippen LogP contribution is -2.20. The molecule has 3 nitrogen and oxygen atoms in total. The van der Waals surface area contributed by atoms with Crippen LogP contribution in [0.25, 0.3) is 0 Å². The van der Waals surface area contributed by atoms with Crippen LogP contribution in [0.5, 0.6) is 5.75 Å². The van der Waals surface area contributed by atoms with Crippen molar-refractivity contribution in [2.24, 2.45) is 0 Å². The Labute approximate surface area is 113 Å². The first-order chi connectivity index (χ1) is 9.33. The van der Waals surface area contributed by atoms with E-state index in [-0.39, 0.29) is 6.04 Å². The summed E-state index contributed by atoms with van der Waals surface area (Å²) in [7, 11) is 0. The van der Waals surface area contributed by atoms with Crippen LogP contribution < -0.4 is 10.1 Å². The van der Waals surface area contributed by atoms with Crippen molar-refractivity contribution >= 4 is 0 Å². The van der Waals surface area contributed by atoms with Crippen LogP contribution in [0.15, 0.2) is 41.0 Å². The molecule has 0 saturated carbocycles. The second kappa shape index (κ2) is 5.49. The Balaban J connectivity index is 1.52. The average molecular weight is 257 g/mol. The van der Waals surface area contributed by atoms with Crippen molar-refractivity contribution in [3.8, 4) is 5.75 Å². The second-order valence-corrected chi connectivity index (χ2v) is 4.98. The number of nitrogens with one attached hydrogen (secondary N) is 1. The summed E-state index contributed by atoms with van der Waals surface area (Å²) in [6.45, 7) is 3.89. The van der Waals surface area contributed by atoms with Crippen molar-refractivity contribution in [1.29, 1.82) is 0 Å². The molecule has 0 bridgehead atoms. The number of rotatable bonds is 5. The molecule has 0 fully saturated rings. The van der Waals surface area contributed by atoms with E-state index in [4.69, 9.17) is 9.15 Å². The molecular weight excluding hydrogens is 238 g/mol. The molecule has 0 unspecified atom stereocenters. The fourth-order valence-electron chi connectivity index (χ4n) is 2.47. The minimum Gasteiger partial charge on any atom is -0.493 e. The highest BCUT2D eigenvalue weighted by atomic mass is 16.5. The van der Waals surface area contributed by atoms with Gasteiger partial charge in [0.15, 0.2) is 0 Å². The number of hydrogen-bond donors (Lipinski definition) is 1. The van der Waals surface area contributed by atoms with Gasteiger partial charge in [-0.05, 0) is 49.2 Å². The molecule has 1 aromatic heterocycles. The summed E-state index contributed by atoms with van der Waals surface area (Å²) in [5, 5.41) is 3.48. The van der Waals surface area contributed by atoms with E-state index in [0.717, 1.165) is 37.5 Å². The molecule has 3 heteroatoms. The fourth-order valence-corrected chi connectivity index (χ4v) is 2.47. The van der Waals surface area contributed by atoms with Gasteiger partial charge in [0.05, 0.1) is 18.9 Å². The summed E-state index contributed by atoms with van der Waals surface area (Å²) in [6.07, 6.45) is 3.78. The number of fused-ring (bicyclic) bond motifs is 1. The lowest BCUT2D eigenvalue weighted by atomic mass is 10.1. The Morgan fingerprint density at radius 2 is 2.26 bits per heavy atom. The van der Waals surface area contributed by atoms with E-state index in [0.29, 0.717) is 0 Å². The van der Waals surface area contributed by atoms with E-state index in [9.17, 15) is 0 Å². The molecule has 3 rings (SSSR count). The van der Waals surface area contributed by atoms with Crippen molar-refractivity contribution in [3.63, 3.8) is 0 Å². The molecule has 0 radical (unpaired) electrons. The normalized spacial score (nSPS) is 15.0. The van der Waals surface area contributed by atoms with Gasteiger partial charge in [-0.3, -0.25) is 0 Å². The first-order valence-corrected chi connectivity index (χ1v) is 6.84. The van der Waals surface area contributed by atoms with Gasteiger partial charge in [0, 0.05) is 6.42 Å². The van der Waals surface area contributed by atoms with Crippen LogP contribution in [0.4, 0.5) is 0 Å². The van der Waals surface area contributed by atoms with Gasteiger partial charge in [-0.2, -0.15) is 0 Å². The van der Waals surface area contributed by atoms with Crippen molar-refractivity contribution in [2.45, 2.75) is 25.8 Å². The van der Waals surface area contributed by atoms with Crippen LogP contribution in [0, 0.1) is 0 Å². The molecule has 1 atom stereocenters. The third-order valence-electron chi connectivity index (χ3n) is 3.59. The molecule has 1 aliphatic rings. The number of furan rings is 1. The number of ether oxygens (including phenoxy) is 1. The standard InChI is InChI=1S/C16H19NO2/c1-12(15-3-2-9-18-15)17-8-6-13-4-5-16-14(11-13)7-10-19-16/h2-5,9,11-12,17H,6-8,10H2,1H3/t12-/m1/s1. The topological polar surface area (TPSA) is 34.4 Å². The zero-order valence-corrected chi connectivity index (χ0v) is 11.2. The largest absolute Gasteiger partial charge is 0.493 e. The van der Waals surface area contributed by atoms with Crippen molar-refractivity contribution in [3.05, 3.63) is 53.5 Å². The lowest BCUT2D eigenvalue weighted by molar-refractivity contribution is 0.357. The van der Waals surface area contributed by atoms with Gasteiger partial charge in [0.2, 0.25) is 0 Å². The highest BCUT2D eigenvalue weighted by molar-refractivity contribution is 5.39. The quantitative estimate of drug-likeness (QED) is 0.893. The molecule has 0 spiro atoms. The van der Waals surface area contributed by atoms with E-state index >= 15 is 0 Å². The number of hydrogen-bond acceptors (Lipinski definition) is 3. The molecule has 0 saturated heterocycles. The first kappa shape index (κ1) is 12.3. The Kier molecular flexibility index (Phi) is 3.56. The monoisotopic (exact) mass is 257 g/mol. The molecule has 0 aliphatic carbocycles. The fraction of sp³-hybridized carbons (Fsp3) is 0.375. The van der Waals surface area contributed by atoms with Crippen LogP contribution in [0.2, 0.25) is 0 Å². The molecule has 1 N–H and O–H groups in total. The van der Waals surface area contributed by atoms with E-state index in [1.165, 1.54) is 11.1 Å². The SMILES string of the molecule is C[C@@H](NCCc1ccc2c(c1)CCO2)c1ccco1. The van der Waals surface area contributed by atoms with E-state index in [1.807, 2.05) is 12.1 Å². The van der Waals surface area contributed by atoms with Gasteiger partial charge in [-0.1, -0.05) is 12.1 Å². The maximum absolute atomic E-state index is 5.52.